The molecule has 1 fully saturated rings. The topological polar surface area (TPSA) is 26.3 Å². The van der Waals surface area contributed by atoms with E-state index in [0.29, 0.717) is 13.0 Å². The Morgan fingerprint density at radius 1 is 1.75 bits per heavy atom. The van der Waals surface area contributed by atoms with Gasteiger partial charge in [-0.05, 0) is 12.8 Å². The van der Waals surface area contributed by atoms with Gasteiger partial charge >= 0.3 is 6.04 Å². The van der Waals surface area contributed by atoms with Crippen molar-refractivity contribution in [3.05, 3.63) is 0 Å². The fourth-order valence-electron chi connectivity index (χ4n) is 0.757. The van der Waals surface area contributed by atoms with Crippen LogP contribution in [0.5, 0.6) is 0 Å². The molecule has 1 aliphatic rings. The molecule has 2 nitrogen and oxygen atoms in total. The number of carbonyl (C=O) groups is 1. The fourth-order valence-corrected chi connectivity index (χ4v) is 0.757. The fraction of sp³-hybridized carbons (Fsp3) is 0.800. The quantitative estimate of drug-likeness (QED) is 0.473. The van der Waals surface area contributed by atoms with Crippen LogP contribution in [0.25, 0.3) is 0 Å². The van der Waals surface area contributed by atoms with Gasteiger partial charge in [-0.15, -0.1) is 0 Å². The Kier molecular flexibility index (Phi) is 1.58. The average molecular weight is 118 g/mol. The van der Waals surface area contributed by atoms with Gasteiger partial charge < -0.3 is 4.74 Å². The second kappa shape index (κ2) is 2.22. The van der Waals surface area contributed by atoms with Gasteiger partial charge in [0, 0.05) is 6.61 Å². The maximum Gasteiger partial charge on any atom is 0.329 e. The summed E-state index contributed by atoms with van der Waals surface area (Å²) in [5, 5.41) is 0. The maximum absolute atomic E-state index is 11.6. The monoisotopic (exact) mass is 118 g/mol. The minimum Gasteiger partial charge on any atom is -0.367 e. The van der Waals surface area contributed by atoms with E-state index in [1.165, 1.54) is 0 Å². The maximum atomic E-state index is 11.6. The standard InChI is InChI=1S/C5H7FO2/c6-5(7)4-2-1-3-8-4/h4H,1-3H2. The second-order valence-corrected chi connectivity index (χ2v) is 1.81. The third-order valence-corrected chi connectivity index (χ3v) is 1.18. The molecule has 3 heteroatoms. The summed E-state index contributed by atoms with van der Waals surface area (Å²) < 4.78 is 16.3. The van der Waals surface area contributed by atoms with Crippen LogP contribution in [0.4, 0.5) is 4.39 Å². The zero-order valence-electron chi connectivity index (χ0n) is 4.39. The minimum atomic E-state index is -1.33. The van der Waals surface area contributed by atoms with E-state index in [2.05, 4.69) is 4.74 Å². The van der Waals surface area contributed by atoms with Gasteiger partial charge in [-0.3, -0.25) is 4.79 Å². The highest BCUT2D eigenvalue weighted by atomic mass is 19.1. The van der Waals surface area contributed by atoms with Crippen molar-refractivity contribution >= 4 is 6.04 Å². The molecule has 46 valence electrons. The SMILES string of the molecule is O=C(F)C1CCCO1. The summed E-state index contributed by atoms with van der Waals surface area (Å²) in [6.45, 7) is 0.528. The number of hydrogen-bond acceptors (Lipinski definition) is 2. The van der Waals surface area contributed by atoms with Gasteiger partial charge in [0.25, 0.3) is 0 Å². The van der Waals surface area contributed by atoms with Gasteiger partial charge in [-0.2, -0.15) is 4.39 Å². The summed E-state index contributed by atoms with van der Waals surface area (Å²) in [6, 6.07) is -1.33. The number of halogens is 1. The first-order valence-electron chi connectivity index (χ1n) is 2.61. The predicted molar refractivity (Wildman–Crippen MR) is 25.1 cm³/mol. The molecule has 1 atom stereocenters. The zero-order chi connectivity index (χ0) is 5.98. The normalized spacial score (nSPS) is 28.4. The lowest BCUT2D eigenvalue weighted by atomic mass is 10.2. The van der Waals surface area contributed by atoms with Crippen LogP contribution in [-0.2, 0) is 9.53 Å². The first-order valence-corrected chi connectivity index (χ1v) is 2.61. The van der Waals surface area contributed by atoms with Gasteiger partial charge in [0.1, 0.15) is 6.10 Å². The van der Waals surface area contributed by atoms with Crippen molar-refractivity contribution in [2.75, 3.05) is 6.61 Å². The zero-order valence-corrected chi connectivity index (χ0v) is 4.39. The van der Waals surface area contributed by atoms with Gasteiger partial charge in [0.05, 0.1) is 0 Å². The van der Waals surface area contributed by atoms with Crippen molar-refractivity contribution in [1.29, 1.82) is 0 Å². The first-order chi connectivity index (χ1) is 3.80. The summed E-state index contributed by atoms with van der Waals surface area (Å²) in [5.74, 6) is 0. The Balaban J connectivity index is 2.35. The molecule has 1 saturated heterocycles. The van der Waals surface area contributed by atoms with Crippen LogP contribution in [0.2, 0.25) is 0 Å². The molecular weight excluding hydrogens is 111 g/mol. The third-order valence-electron chi connectivity index (χ3n) is 1.18. The van der Waals surface area contributed by atoms with Gasteiger partial charge in [0.2, 0.25) is 0 Å². The Morgan fingerprint density at radius 2 is 2.50 bits per heavy atom. The van der Waals surface area contributed by atoms with E-state index in [4.69, 9.17) is 0 Å². The number of carbonyl (C=O) groups excluding carboxylic acids is 1. The van der Waals surface area contributed by atoms with Crippen molar-refractivity contribution in [3.63, 3.8) is 0 Å². The summed E-state index contributed by atoms with van der Waals surface area (Å²) in [5.41, 5.74) is 0. The Bertz CT molecular complexity index is 96.6. The molecular formula is C5H7FO2. The van der Waals surface area contributed by atoms with Crippen molar-refractivity contribution in [2.24, 2.45) is 0 Å². The largest absolute Gasteiger partial charge is 0.367 e. The van der Waals surface area contributed by atoms with E-state index >= 15 is 0 Å². The molecule has 0 aromatic rings. The van der Waals surface area contributed by atoms with Crippen molar-refractivity contribution < 1.29 is 13.9 Å². The lowest BCUT2D eigenvalue weighted by Crippen LogP contribution is -2.13. The molecule has 0 saturated carbocycles. The molecule has 0 radical (unpaired) electrons. The van der Waals surface area contributed by atoms with Gasteiger partial charge in [-0.1, -0.05) is 0 Å². The van der Waals surface area contributed by atoms with Crippen LogP contribution in [-0.4, -0.2) is 18.7 Å². The van der Waals surface area contributed by atoms with Gasteiger partial charge in [0.15, 0.2) is 0 Å². The van der Waals surface area contributed by atoms with E-state index in [-0.39, 0.29) is 0 Å². The minimum absolute atomic E-state index is 0.528. The van der Waals surface area contributed by atoms with Crippen molar-refractivity contribution in [1.82, 2.24) is 0 Å². The summed E-state index contributed by atoms with van der Waals surface area (Å²) in [7, 11) is 0. The second-order valence-electron chi connectivity index (χ2n) is 1.81. The number of hydrogen-bond donors (Lipinski definition) is 0. The predicted octanol–water partition coefficient (Wildman–Crippen LogP) is 0.661. The lowest BCUT2D eigenvalue weighted by molar-refractivity contribution is -0.138. The van der Waals surface area contributed by atoms with Crippen LogP contribution < -0.4 is 0 Å². The molecule has 8 heavy (non-hydrogen) atoms. The molecule has 0 aromatic carbocycles. The summed E-state index contributed by atoms with van der Waals surface area (Å²) in [6.07, 6.45) is 0.616. The molecule has 0 amide bonds. The van der Waals surface area contributed by atoms with Gasteiger partial charge in [-0.25, -0.2) is 0 Å². The number of ether oxygens (including phenoxy) is 1. The van der Waals surface area contributed by atoms with Crippen LogP contribution >= 0.6 is 0 Å². The first kappa shape index (κ1) is 5.69. The molecule has 0 spiro atoms. The molecule has 0 bridgehead atoms. The highest BCUT2D eigenvalue weighted by Crippen LogP contribution is 2.12. The summed E-state index contributed by atoms with van der Waals surface area (Å²) >= 11 is 0. The van der Waals surface area contributed by atoms with E-state index in [0.717, 1.165) is 6.42 Å². The van der Waals surface area contributed by atoms with Crippen molar-refractivity contribution in [2.45, 2.75) is 18.9 Å². The molecule has 1 unspecified atom stereocenters. The Labute approximate surface area is 46.6 Å². The molecule has 0 aromatic heterocycles. The van der Waals surface area contributed by atoms with E-state index in [1.54, 1.807) is 0 Å². The Morgan fingerprint density at radius 3 is 2.75 bits per heavy atom. The van der Waals surface area contributed by atoms with E-state index in [9.17, 15) is 9.18 Å². The molecule has 1 aliphatic heterocycles. The van der Waals surface area contributed by atoms with Crippen LogP contribution in [0.3, 0.4) is 0 Å². The van der Waals surface area contributed by atoms with Crippen molar-refractivity contribution in [3.8, 4) is 0 Å². The Hall–Kier alpha value is -0.440. The average Bonchev–Trinajstić information content (AvgIpc) is 2.12. The molecule has 1 heterocycles. The van der Waals surface area contributed by atoms with Crippen LogP contribution in [0, 0.1) is 0 Å². The highest BCUT2D eigenvalue weighted by molar-refractivity contribution is 5.73. The third kappa shape index (κ3) is 1.04. The van der Waals surface area contributed by atoms with Crippen LogP contribution in [0.15, 0.2) is 0 Å². The molecule has 1 rings (SSSR count). The van der Waals surface area contributed by atoms with E-state index in [1.807, 2.05) is 0 Å². The number of rotatable bonds is 1. The van der Waals surface area contributed by atoms with Crippen LogP contribution in [0.1, 0.15) is 12.8 Å². The summed E-state index contributed by atoms with van der Waals surface area (Å²) in [4.78, 5) is 9.85. The van der Waals surface area contributed by atoms with E-state index < -0.39 is 12.1 Å². The molecule has 0 aliphatic carbocycles. The smallest absolute Gasteiger partial charge is 0.329 e. The highest BCUT2D eigenvalue weighted by Gasteiger charge is 2.22. The molecule has 0 N–H and O–H groups in total. The lowest BCUT2D eigenvalue weighted by Gasteiger charge is -1.97.